The van der Waals surface area contributed by atoms with Gasteiger partial charge in [-0.3, -0.25) is 18.5 Å². The molecular weight excluding hydrogens is 907 g/mol. The number of rotatable bonds is 15. The zero-order chi connectivity index (χ0) is 47.7. The summed E-state index contributed by atoms with van der Waals surface area (Å²) < 4.78 is 73.3. The molecule has 2 saturated heterocycles. The molecule has 2 aliphatic rings. The van der Waals surface area contributed by atoms with Gasteiger partial charge >= 0.3 is 46.0 Å². The number of amides is 1. The van der Waals surface area contributed by atoms with Crippen LogP contribution in [0.2, 0.25) is 0 Å². The number of hydrogen-bond acceptors (Lipinski definition) is 19. The maximum atomic E-state index is 13.8. The predicted molar refractivity (Wildman–Crippen MR) is 224 cm³/mol. The van der Waals surface area contributed by atoms with Crippen molar-refractivity contribution >= 4 is 40.3 Å². The number of H-pyrrole nitrogens is 1. The minimum atomic E-state index is -5.23. The highest BCUT2D eigenvalue weighted by atomic mass is 32.2. The number of ether oxygens (including phenoxy) is 7. The molecule has 23 heteroatoms. The summed E-state index contributed by atoms with van der Waals surface area (Å²) in [4.78, 5) is 93.7. The first-order chi connectivity index (χ1) is 32.2. The van der Waals surface area contributed by atoms with E-state index < -0.39 is 120 Å². The van der Waals surface area contributed by atoms with Crippen LogP contribution < -0.4 is 16.0 Å². The Kier molecular flexibility index (Phi) is 15.0. The van der Waals surface area contributed by atoms with Crippen molar-refractivity contribution in [2.75, 3.05) is 13.2 Å². The fourth-order valence-electron chi connectivity index (χ4n) is 6.76. The van der Waals surface area contributed by atoms with Gasteiger partial charge in [0.1, 0.15) is 31.0 Å². The number of nitrogens with one attached hydrogen (secondary N) is 2. The summed E-state index contributed by atoms with van der Waals surface area (Å²) in [6.07, 6.45) is -17.7. The molecule has 0 unspecified atom stereocenters. The lowest BCUT2D eigenvalue weighted by atomic mass is 9.97. The van der Waals surface area contributed by atoms with E-state index in [1.807, 2.05) is 4.98 Å². The van der Waals surface area contributed by atoms with Crippen LogP contribution in [0.4, 0.5) is 4.79 Å². The third-order valence-electron chi connectivity index (χ3n) is 10.0. The van der Waals surface area contributed by atoms with Crippen LogP contribution in [0.15, 0.2) is 143 Å². The predicted octanol–water partition coefficient (Wildman–Crippen LogP) is 1.40. The van der Waals surface area contributed by atoms with Crippen molar-refractivity contribution in [3.8, 4) is 0 Å². The normalized spacial score (nSPS) is 23.5. The highest BCUT2D eigenvalue weighted by molar-refractivity contribution is 7.85. The fourth-order valence-corrected chi connectivity index (χ4v) is 7.39. The number of esters is 4. The molecule has 9 atom stereocenters. The molecular formula is C44H39N3O19S. The Morgan fingerprint density at radius 3 is 1.57 bits per heavy atom. The van der Waals surface area contributed by atoms with Crippen LogP contribution in [0.1, 0.15) is 47.7 Å². The summed E-state index contributed by atoms with van der Waals surface area (Å²) >= 11 is 0. The van der Waals surface area contributed by atoms with Gasteiger partial charge in [0.05, 0.1) is 28.9 Å². The molecule has 3 heterocycles. The van der Waals surface area contributed by atoms with Gasteiger partial charge in [0.15, 0.2) is 18.4 Å². The molecule has 7 rings (SSSR count). The molecule has 0 aliphatic carbocycles. The number of nitrogens with zero attached hydrogens (tertiary/aromatic N) is 1. The highest BCUT2D eigenvalue weighted by Gasteiger charge is 2.55. The number of aliphatic hydroxyl groups excluding tert-OH is 2. The first kappa shape index (κ1) is 47.4. The number of carbonyl (C=O) groups is 5. The molecule has 1 amide bonds. The van der Waals surface area contributed by atoms with Gasteiger partial charge in [0.2, 0.25) is 12.4 Å². The quantitative estimate of drug-likeness (QED) is 0.0852. The van der Waals surface area contributed by atoms with Crippen molar-refractivity contribution in [3.63, 3.8) is 0 Å². The van der Waals surface area contributed by atoms with Gasteiger partial charge in [-0.1, -0.05) is 72.8 Å². The third kappa shape index (κ3) is 11.8. The van der Waals surface area contributed by atoms with Crippen LogP contribution in [0, 0.1) is 0 Å². The molecule has 0 spiro atoms. The van der Waals surface area contributed by atoms with Gasteiger partial charge in [-0.05, 0) is 48.5 Å². The average Bonchev–Trinajstić information content (AvgIpc) is 3.61. The number of benzene rings is 4. The number of hydrogen-bond donors (Lipinski definition) is 4. The van der Waals surface area contributed by atoms with Gasteiger partial charge in [-0.15, -0.1) is 0 Å². The zero-order valence-electron chi connectivity index (χ0n) is 34.5. The van der Waals surface area contributed by atoms with E-state index in [0.717, 1.165) is 16.8 Å². The van der Waals surface area contributed by atoms with Gasteiger partial charge in [-0.25, -0.2) is 28.8 Å². The van der Waals surface area contributed by atoms with Crippen molar-refractivity contribution < 1.29 is 79.9 Å². The van der Waals surface area contributed by atoms with Crippen molar-refractivity contribution in [3.05, 3.63) is 177 Å². The topological polar surface area (TPSA) is 301 Å². The molecule has 2 fully saturated rings. The summed E-state index contributed by atoms with van der Waals surface area (Å²) in [5, 5.41) is 21.1. The standard InChI is InChI=1S/C44H39N3O19S/c48-31-21-22-47(43(55)45-31)37-33(50)32(49)29(61-37)24-60-67(57,58)46-44(56)66-42-36(65-41(54)28-19-11-4-12-20-28)35(64-40(53)27-17-9-3-10-18-27)34(63-39(52)26-15-7-2-8-16-26)30(62-42)23-59-38(51)25-13-5-1-6-14-25/h1-22,29-30,32-37,42,49-50H,23-24H2,(H,46,56)(H,45,48,55)/t29-,30-,32-,33-,34-,35+,36+,37-,42-/m1/s1. The highest BCUT2D eigenvalue weighted by Crippen LogP contribution is 2.33. The van der Waals surface area contributed by atoms with E-state index in [2.05, 4.69) is 0 Å². The molecule has 22 nitrogen and oxygen atoms in total. The van der Waals surface area contributed by atoms with Crippen LogP contribution >= 0.6 is 0 Å². The lowest BCUT2D eigenvalue weighted by Crippen LogP contribution is -2.63. The maximum absolute atomic E-state index is 13.8. The molecule has 2 aliphatic heterocycles. The SMILES string of the molecule is O=C(NS(=O)(=O)OC[C@H]1O[C@@H](n2ccc(=O)[nH]c2=O)[C@H](O)[C@@H]1O)O[C@H]1O[C@H](COC(=O)c2ccccc2)[C@@H](OC(=O)c2ccccc2)[C@H](OC(=O)c2ccccc2)[C@@H]1OC(=O)c1ccccc1. The van der Waals surface area contributed by atoms with Crippen molar-refractivity contribution in [1.82, 2.24) is 14.3 Å². The Bertz CT molecular complexity index is 2780. The second-order valence-electron chi connectivity index (χ2n) is 14.5. The van der Waals surface area contributed by atoms with E-state index in [1.165, 1.54) is 89.7 Å². The van der Waals surface area contributed by atoms with E-state index in [0.29, 0.717) is 0 Å². The number of aromatic amines is 1. The van der Waals surface area contributed by atoms with Gasteiger partial charge in [-0.2, -0.15) is 13.1 Å². The number of aliphatic hydroxyl groups is 2. The van der Waals surface area contributed by atoms with Crippen LogP contribution in [-0.2, 0) is 47.6 Å². The molecule has 1 aromatic heterocycles. The number of carbonyl (C=O) groups excluding carboxylic acids is 5. The summed E-state index contributed by atoms with van der Waals surface area (Å²) in [5.41, 5.74) is -1.81. The molecule has 350 valence electrons. The smallest absolute Gasteiger partial charge is 0.425 e. The maximum Gasteiger partial charge on any atom is 0.425 e. The second kappa shape index (κ2) is 21.2. The molecule has 0 radical (unpaired) electrons. The largest absolute Gasteiger partial charge is 0.459 e. The zero-order valence-corrected chi connectivity index (χ0v) is 35.3. The van der Waals surface area contributed by atoms with E-state index in [-0.39, 0.29) is 22.3 Å². The minimum Gasteiger partial charge on any atom is -0.459 e. The van der Waals surface area contributed by atoms with Crippen LogP contribution in [0.25, 0.3) is 0 Å². The Morgan fingerprint density at radius 1 is 0.582 bits per heavy atom. The molecule has 4 N–H and O–H groups in total. The fraction of sp³-hybridized carbons (Fsp3) is 0.250. The molecule has 0 bridgehead atoms. The Morgan fingerprint density at radius 2 is 1.06 bits per heavy atom. The van der Waals surface area contributed by atoms with Crippen LogP contribution in [0.5, 0.6) is 0 Å². The van der Waals surface area contributed by atoms with Gasteiger partial charge in [0.25, 0.3) is 5.56 Å². The van der Waals surface area contributed by atoms with Gasteiger partial charge < -0.3 is 43.4 Å². The average molecular weight is 946 g/mol. The van der Waals surface area contributed by atoms with E-state index in [1.54, 1.807) is 36.4 Å². The molecule has 5 aromatic rings. The molecule has 4 aromatic carbocycles. The lowest BCUT2D eigenvalue weighted by molar-refractivity contribution is -0.282. The Balaban J connectivity index is 1.18. The van der Waals surface area contributed by atoms with Gasteiger partial charge in [0, 0.05) is 12.3 Å². The Hall–Kier alpha value is -7.54. The summed E-state index contributed by atoms with van der Waals surface area (Å²) in [7, 11) is -5.23. The van der Waals surface area contributed by atoms with Crippen molar-refractivity contribution in [2.24, 2.45) is 0 Å². The molecule has 0 saturated carbocycles. The summed E-state index contributed by atoms with van der Waals surface area (Å²) in [6.45, 7) is -1.86. The van der Waals surface area contributed by atoms with Crippen molar-refractivity contribution in [2.45, 2.75) is 55.2 Å². The van der Waals surface area contributed by atoms with Crippen LogP contribution in [-0.4, -0.2) is 120 Å². The van der Waals surface area contributed by atoms with E-state index >= 15 is 0 Å². The second-order valence-corrected chi connectivity index (χ2v) is 15.9. The number of aromatic nitrogens is 2. The Labute approximate surface area is 378 Å². The summed E-state index contributed by atoms with van der Waals surface area (Å²) in [5.74, 6) is -4.08. The summed E-state index contributed by atoms with van der Waals surface area (Å²) in [6, 6.07) is 30.8. The van der Waals surface area contributed by atoms with E-state index in [4.69, 9.17) is 37.3 Å². The third-order valence-corrected chi connectivity index (χ3v) is 10.9. The first-order valence-corrected chi connectivity index (χ1v) is 21.4. The van der Waals surface area contributed by atoms with Crippen LogP contribution in [0.3, 0.4) is 0 Å². The first-order valence-electron chi connectivity index (χ1n) is 20.0. The van der Waals surface area contributed by atoms with E-state index in [9.17, 15) is 52.2 Å². The lowest BCUT2D eigenvalue weighted by Gasteiger charge is -2.43. The molecule has 67 heavy (non-hydrogen) atoms. The van der Waals surface area contributed by atoms with Crippen molar-refractivity contribution in [1.29, 1.82) is 0 Å². The minimum absolute atomic E-state index is 0.00215. The monoisotopic (exact) mass is 945 g/mol.